The van der Waals surface area contributed by atoms with E-state index < -0.39 is 0 Å². The first-order valence-electron chi connectivity index (χ1n) is 6.58. The molecule has 2 aromatic carbocycles. The molecule has 112 valence electrons. The van der Waals surface area contributed by atoms with E-state index in [1.54, 1.807) is 7.11 Å². The van der Waals surface area contributed by atoms with Crippen molar-refractivity contribution in [2.24, 2.45) is 0 Å². The van der Waals surface area contributed by atoms with E-state index in [-0.39, 0.29) is 6.04 Å². The van der Waals surface area contributed by atoms with Crippen LogP contribution >= 0.6 is 43.5 Å². The molecule has 1 unspecified atom stereocenters. The van der Waals surface area contributed by atoms with Gasteiger partial charge >= 0.3 is 0 Å². The summed E-state index contributed by atoms with van der Waals surface area (Å²) < 4.78 is 7.30. The third-order valence-corrected chi connectivity index (χ3v) is 4.74. The molecule has 0 bridgehead atoms. The van der Waals surface area contributed by atoms with Crippen molar-refractivity contribution in [2.45, 2.75) is 13.0 Å². The fourth-order valence-electron chi connectivity index (χ4n) is 2.20. The Kier molecular flexibility index (Phi) is 6.11. The molecule has 2 rings (SSSR count). The number of hydrogen-bond acceptors (Lipinski definition) is 2. The summed E-state index contributed by atoms with van der Waals surface area (Å²) in [7, 11) is 1.64. The summed E-state index contributed by atoms with van der Waals surface area (Å²) in [5.74, 6) is 0.757. The topological polar surface area (TPSA) is 21.3 Å². The maximum Gasteiger partial charge on any atom is 0.120 e. The van der Waals surface area contributed by atoms with E-state index in [1.165, 1.54) is 0 Å². The SMILES string of the molecule is CCNC(c1ccc(OC)cc1Cl)c1cc(Br)ccc1Br. The number of rotatable bonds is 5. The highest BCUT2D eigenvalue weighted by molar-refractivity contribution is 9.11. The Balaban J connectivity index is 2.50. The lowest BCUT2D eigenvalue weighted by Gasteiger charge is -2.22. The lowest BCUT2D eigenvalue weighted by molar-refractivity contribution is 0.414. The lowest BCUT2D eigenvalue weighted by atomic mass is 9.98. The van der Waals surface area contributed by atoms with E-state index in [9.17, 15) is 0 Å². The number of halogens is 3. The fraction of sp³-hybridized carbons (Fsp3) is 0.250. The van der Waals surface area contributed by atoms with Crippen molar-refractivity contribution in [1.82, 2.24) is 5.32 Å². The molecule has 0 fully saturated rings. The second kappa shape index (κ2) is 7.63. The van der Waals surface area contributed by atoms with Gasteiger partial charge in [-0.25, -0.2) is 0 Å². The van der Waals surface area contributed by atoms with Gasteiger partial charge in [0.1, 0.15) is 5.75 Å². The van der Waals surface area contributed by atoms with Crippen LogP contribution in [0, 0.1) is 0 Å². The molecule has 0 radical (unpaired) electrons. The molecule has 0 aromatic heterocycles. The molecule has 0 saturated carbocycles. The van der Waals surface area contributed by atoms with Gasteiger partial charge in [0.2, 0.25) is 0 Å². The Morgan fingerprint density at radius 2 is 1.90 bits per heavy atom. The quantitative estimate of drug-likeness (QED) is 0.665. The van der Waals surface area contributed by atoms with Crippen molar-refractivity contribution in [3.63, 3.8) is 0 Å². The van der Waals surface area contributed by atoms with Crippen molar-refractivity contribution >= 4 is 43.5 Å². The number of benzene rings is 2. The van der Waals surface area contributed by atoms with E-state index in [0.717, 1.165) is 32.4 Å². The number of nitrogens with one attached hydrogen (secondary N) is 1. The van der Waals surface area contributed by atoms with Crippen LogP contribution in [0.15, 0.2) is 45.3 Å². The van der Waals surface area contributed by atoms with Gasteiger partial charge in [-0.1, -0.05) is 56.5 Å². The predicted octanol–water partition coefficient (Wildman–Crippen LogP) is 5.57. The van der Waals surface area contributed by atoms with Crippen LogP contribution in [0.4, 0.5) is 0 Å². The summed E-state index contributed by atoms with van der Waals surface area (Å²) in [6.07, 6.45) is 0. The Labute approximate surface area is 147 Å². The van der Waals surface area contributed by atoms with Crippen LogP contribution in [0.1, 0.15) is 24.1 Å². The fourth-order valence-corrected chi connectivity index (χ4v) is 3.33. The van der Waals surface area contributed by atoms with Gasteiger partial charge in [0.05, 0.1) is 13.2 Å². The first-order chi connectivity index (χ1) is 10.1. The monoisotopic (exact) mass is 431 g/mol. The molecule has 0 aliphatic rings. The summed E-state index contributed by atoms with van der Waals surface area (Å²) in [6.45, 7) is 2.92. The van der Waals surface area contributed by atoms with E-state index in [2.05, 4.69) is 50.2 Å². The van der Waals surface area contributed by atoms with Crippen molar-refractivity contribution in [3.8, 4) is 5.75 Å². The predicted molar refractivity (Wildman–Crippen MR) is 95.4 cm³/mol. The average Bonchev–Trinajstić information content (AvgIpc) is 2.48. The maximum atomic E-state index is 6.43. The van der Waals surface area contributed by atoms with Crippen LogP contribution in [0.3, 0.4) is 0 Å². The highest BCUT2D eigenvalue weighted by atomic mass is 79.9. The standard InChI is InChI=1S/C16H16Br2ClNO/c1-3-20-16(13-8-10(17)4-7-14(13)18)12-6-5-11(21-2)9-15(12)19/h4-9,16,20H,3H2,1-2H3. The zero-order valence-electron chi connectivity index (χ0n) is 11.8. The maximum absolute atomic E-state index is 6.43. The first-order valence-corrected chi connectivity index (χ1v) is 8.55. The molecular weight excluding hydrogens is 417 g/mol. The Morgan fingerprint density at radius 3 is 2.52 bits per heavy atom. The van der Waals surface area contributed by atoms with Gasteiger partial charge in [-0.2, -0.15) is 0 Å². The molecule has 0 saturated heterocycles. The summed E-state index contributed by atoms with van der Waals surface area (Å²) in [4.78, 5) is 0. The van der Waals surface area contributed by atoms with E-state index in [0.29, 0.717) is 5.02 Å². The molecule has 1 N–H and O–H groups in total. The molecule has 2 aromatic rings. The molecule has 0 amide bonds. The minimum atomic E-state index is 0.0141. The minimum Gasteiger partial charge on any atom is -0.497 e. The third kappa shape index (κ3) is 4.01. The van der Waals surface area contributed by atoms with Crippen molar-refractivity contribution in [2.75, 3.05) is 13.7 Å². The zero-order valence-corrected chi connectivity index (χ0v) is 15.7. The number of ether oxygens (including phenoxy) is 1. The number of hydrogen-bond donors (Lipinski definition) is 1. The van der Waals surface area contributed by atoms with Crippen LogP contribution in [0.5, 0.6) is 5.75 Å². The summed E-state index contributed by atoms with van der Waals surface area (Å²) in [5, 5.41) is 4.17. The molecule has 0 aliphatic heterocycles. The lowest BCUT2D eigenvalue weighted by Crippen LogP contribution is -2.22. The van der Waals surface area contributed by atoms with Crippen LogP contribution in [-0.4, -0.2) is 13.7 Å². The van der Waals surface area contributed by atoms with Gasteiger partial charge in [0.15, 0.2) is 0 Å². The zero-order chi connectivity index (χ0) is 15.4. The molecular formula is C16H16Br2ClNO. The van der Waals surface area contributed by atoms with E-state index in [1.807, 2.05) is 30.3 Å². The highest BCUT2D eigenvalue weighted by Gasteiger charge is 2.19. The molecule has 2 nitrogen and oxygen atoms in total. The van der Waals surface area contributed by atoms with Crippen LogP contribution < -0.4 is 10.1 Å². The van der Waals surface area contributed by atoms with Crippen molar-refractivity contribution < 1.29 is 4.74 Å². The summed E-state index contributed by atoms with van der Waals surface area (Å²) >= 11 is 13.6. The Hall–Kier alpha value is -0.550. The normalized spacial score (nSPS) is 12.2. The van der Waals surface area contributed by atoms with E-state index in [4.69, 9.17) is 16.3 Å². The van der Waals surface area contributed by atoms with Gasteiger partial charge in [0.25, 0.3) is 0 Å². The molecule has 5 heteroatoms. The van der Waals surface area contributed by atoms with Gasteiger partial charge in [0, 0.05) is 14.0 Å². The molecule has 21 heavy (non-hydrogen) atoms. The van der Waals surface area contributed by atoms with Crippen molar-refractivity contribution in [3.05, 3.63) is 61.5 Å². The molecule has 0 spiro atoms. The van der Waals surface area contributed by atoms with Gasteiger partial charge in [-0.15, -0.1) is 0 Å². The summed E-state index contributed by atoms with van der Waals surface area (Å²) in [5.41, 5.74) is 2.16. The molecule has 0 aliphatic carbocycles. The third-order valence-electron chi connectivity index (χ3n) is 3.20. The van der Waals surface area contributed by atoms with Gasteiger partial charge < -0.3 is 10.1 Å². The first kappa shape index (κ1) is 16.8. The van der Waals surface area contributed by atoms with Gasteiger partial charge in [-0.05, 0) is 48.0 Å². The average molecular weight is 434 g/mol. The summed E-state index contributed by atoms with van der Waals surface area (Å²) in [6, 6.07) is 11.9. The minimum absolute atomic E-state index is 0.0141. The van der Waals surface area contributed by atoms with Crippen LogP contribution in [-0.2, 0) is 0 Å². The molecule has 0 heterocycles. The Morgan fingerprint density at radius 1 is 1.14 bits per heavy atom. The highest BCUT2D eigenvalue weighted by Crippen LogP contribution is 2.35. The number of methoxy groups -OCH3 is 1. The van der Waals surface area contributed by atoms with Crippen LogP contribution in [0.25, 0.3) is 0 Å². The van der Waals surface area contributed by atoms with Crippen LogP contribution in [0.2, 0.25) is 5.02 Å². The Bertz CT molecular complexity index is 634. The second-order valence-corrected chi connectivity index (χ2v) is 6.72. The van der Waals surface area contributed by atoms with Gasteiger partial charge in [-0.3, -0.25) is 0 Å². The second-order valence-electron chi connectivity index (χ2n) is 4.54. The van der Waals surface area contributed by atoms with E-state index >= 15 is 0 Å². The van der Waals surface area contributed by atoms with Crippen molar-refractivity contribution in [1.29, 1.82) is 0 Å². The molecule has 1 atom stereocenters. The smallest absolute Gasteiger partial charge is 0.120 e. The largest absolute Gasteiger partial charge is 0.497 e.